The van der Waals surface area contributed by atoms with E-state index in [9.17, 15) is 9.18 Å². The van der Waals surface area contributed by atoms with Crippen molar-refractivity contribution >= 4 is 5.91 Å². The van der Waals surface area contributed by atoms with Gasteiger partial charge in [-0.3, -0.25) is 4.79 Å². The Morgan fingerprint density at radius 3 is 2.61 bits per heavy atom. The largest absolute Gasteiger partial charge is 0.340 e. The minimum absolute atomic E-state index is 0.0557. The summed E-state index contributed by atoms with van der Waals surface area (Å²) in [6.45, 7) is 4.67. The number of nitrogens with zero attached hydrogens (tertiary/aromatic N) is 4. The highest BCUT2D eigenvalue weighted by molar-refractivity contribution is 5.91. The normalized spacial score (nSPS) is 12.4. The molecule has 0 radical (unpaired) electrons. The minimum atomic E-state index is -0.335. The van der Waals surface area contributed by atoms with E-state index in [-0.39, 0.29) is 23.5 Å². The molecule has 1 aromatic heterocycles. The van der Waals surface area contributed by atoms with Gasteiger partial charge in [-0.05, 0) is 36.6 Å². The molecule has 0 bridgehead atoms. The molecule has 1 unspecified atom stereocenters. The molecule has 0 fully saturated rings. The third-order valence-corrected chi connectivity index (χ3v) is 3.77. The number of rotatable bonds is 6. The Balaban J connectivity index is 2.01. The molecule has 1 atom stereocenters. The van der Waals surface area contributed by atoms with Gasteiger partial charge >= 0.3 is 0 Å². The number of carbonyl (C=O) groups is 1. The second-order valence-corrected chi connectivity index (χ2v) is 5.92. The van der Waals surface area contributed by atoms with Crippen LogP contribution in [-0.2, 0) is 0 Å². The van der Waals surface area contributed by atoms with Crippen molar-refractivity contribution < 1.29 is 9.18 Å². The van der Waals surface area contributed by atoms with Gasteiger partial charge in [0.1, 0.15) is 5.82 Å². The van der Waals surface area contributed by atoms with Crippen LogP contribution < -0.4 is 5.73 Å². The van der Waals surface area contributed by atoms with Gasteiger partial charge in [0, 0.05) is 19.6 Å². The van der Waals surface area contributed by atoms with Crippen LogP contribution in [0.2, 0.25) is 0 Å². The maximum Gasteiger partial charge on any atom is 0.275 e. The first kappa shape index (κ1) is 17.1. The zero-order valence-electron chi connectivity index (χ0n) is 13.6. The smallest absolute Gasteiger partial charge is 0.275 e. The highest BCUT2D eigenvalue weighted by Gasteiger charge is 2.17. The van der Waals surface area contributed by atoms with E-state index in [1.807, 2.05) is 0 Å². The minimum Gasteiger partial charge on any atom is -0.340 e. The number of aromatic nitrogens is 3. The summed E-state index contributed by atoms with van der Waals surface area (Å²) in [6, 6.07) is 5.79. The van der Waals surface area contributed by atoms with Crippen LogP contribution in [0.3, 0.4) is 0 Å². The molecule has 0 spiro atoms. The summed E-state index contributed by atoms with van der Waals surface area (Å²) in [6.07, 6.45) is 2.14. The van der Waals surface area contributed by atoms with E-state index in [4.69, 9.17) is 5.73 Å². The first-order chi connectivity index (χ1) is 10.9. The Morgan fingerprint density at radius 1 is 1.35 bits per heavy atom. The van der Waals surface area contributed by atoms with E-state index < -0.39 is 0 Å². The molecule has 2 aromatic rings. The Labute approximate surface area is 135 Å². The summed E-state index contributed by atoms with van der Waals surface area (Å²) in [5.74, 6) is -0.175. The van der Waals surface area contributed by atoms with E-state index in [1.54, 1.807) is 24.1 Å². The van der Waals surface area contributed by atoms with Crippen LogP contribution in [0.4, 0.5) is 4.39 Å². The number of nitrogens with two attached hydrogens (primary N) is 1. The topological polar surface area (TPSA) is 77.0 Å². The van der Waals surface area contributed by atoms with Gasteiger partial charge in [-0.2, -0.15) is 9.90 Å². The third kappa shape index (κ3) is 4.35. The monoisotopic (exact) mass is 319 g/mol. The fourth-order valence-corrected chi connectivity index (χ4v) is 2.03. The van der Waals surface area contributed by atoms with Crippen LogP contribution in [0, 0.1) is 11.7 Å². The number of amides is 1. The van der Waals surface area contributed by atoms with Crippen molar-refractivity contribution in [3.63, 3.8) is 0 Å². The van der Waals surface area contributed by atoms with Gasteiger partial charge in [-0.1, -0.05) is 13.8 Å². The summed E-state index contributed by atoms with van der Waals surface area (Å²) in [5.41, 5.74) is 6.83. The third-order valence-electron chi connectivity index (χ3n) is 3.77. The van der Waals surface area contributed by atoms with Gasteiger partial charge in [-0.25, -0.2) is 4.39 Å². The van der Waals surface area contributed by atoms with E-state index in [1.165, 1.54) is 23.1 Å². The maximum atomic E-state index is 12.9. The van der Waals surface area contributed by atoms with Crippen molar-refractivity contribution in [1.82, 2.24) is 19.9 Å². The molecule has 1 aromatic carbocycles. The second-order valence-electron chi connectivity index (χ2n) is 5.92. The molecule has 23 heavy (non-hydrogen) atoms. The zero-order valence-corrected chi connectivity index (χ0v) is 13.6. The molecule has 124 valence electrons. The van der Waals surface area contributed by atoms with E-state index in [0.29, 0.717) is 18.2 Å². The molecule has 7 heteroatoms. The quantitative estimate of drug-likeness (QED) is 0.881. The van der Waals surface area contributed by atoms with E-state index in [2.05, 4.69) is 24.0 Å². The van der Waals surface area contributed by atoms with Crippen LogP contribution in [-0.4, -0.2) is 45.4 Å². The molecule has 2 N–H and O–H groups in total. The lowest BCUT2D eigenvalue weighted by atomic mass is 10.0. The van der Waals surface area contributed by atoms with Crippen LogP contribution in [0.5, 0.6) is 0 Å². The molecule has 1 amide bonds. The maximum absolute atomic E-state index is 12.9. The summed E-state index contributed by atoms with van der Waals surface area (Å²) in [4.78, 5) is 15.2. The van der Waals surface area contributed by atoms with Gasteiger partial charge in [0.25, 0.3) is 5.91 Å². The predicted octanol–water partition coefficient (Wildman–Crippen LogP) is 1.85. The second kappa shape index (κ2) is 7.32. The van der Waals surface area contributed by atoms with Crippen molar-refractivity contribution in [2.75, 3.05) is 13.6 Å². The molecule has 1 heterocycles. The number of hydrogen-bond acceptors (Lipinski definition) is 4. The predicted molar refractivity (Wildman–Crippen MR) is 85.7 cm³/mol. The Morgan fingerprint density at radius 2 is 2.00 bits per heavy atom. The van der Waals surface area contributed by atoms with E-state index in [0.717, 1.165) is 6.42 Å². The zero-order chi connectivity index (χ0) is 17.0. The highest BCUT2D eigenvalue weighted by atomic mass is 19.1. The summed E-state index contributed by atoms with van der Waals surface area (Å²) in [7, 11) is 1.71. The summed E-state index contributed by atoms with van der Waals surface area (Å²) >= 11 is 0. The van der Waals surface area contributed by atoms with Gasteiger partial charge in [0.05, 0.1) is 11.9 Å². The lowest BCUT2D eigenvalue weighted by Gasteiger charge is -2.20. The molecule has 0 aliphatic carbocycles. The number of carbonyl (C=O) groups excluding carboxylic acids is 1. The van der Waals surface area contributed by atoms with Crippen LogP contribution in [0.25, 0.3) is 5.69 Å². The first-order valence-electron chi connectivity index (χ1n) is 7.58. The average Bonchev–Trinajstić information content (AvgIpc) is 3.01. The molecule has 6 nitrogen and oxygen atoms in total. The van der Waals surface area contributed by atoms with Crippen LogP contribution in [0.1, 0.15) is 30.8 Å². The SMILES string of the molecule is CC(C)C(N)CCN(C)C(=O)c1cnn(-c2ccc(F)cc2)n1. The standard InChI is InChI=1S/C16H22FN5O/c1-11(2)14(18)8-9-21(3)16(23)15-10-19-22(20-15)13-6-4-12(17)5-7-13/h4-7,10-11,14H,8-9,18H2,1-3H3. The number of hydrogen-bond donors (Lipinski definition) is 1. The van der Waals surface area contributed by atoms with Crippen molar-refractivity contribution in [3.05, 3.63) is 42.0 Å². The summed E-state index contributed by atoms with van der Waals surface area (Å²) in [5, 5.41) is 8.21. The van der Waals surface area contributed by atoms with Crippen LogP contribution in [0.15, 0.2) is 30.5 Å². The molecular formula is C16H22FN5O. The van der Waals surface area contributed by atoms with Crippen molar-refractivity contribution in [2.24, 2.45) is 11.7 Å². The fraction of sp³-hybridized carbons (Fsp3) is 0.438. The lowest BCUT2D eigenvalue weighted by Crippen LogP contribution is -2.34. The van der Waals surface area contributed by atoms with Gasteiger partial charge in [0.2, 0.25) is 0 Å². The van der Waals surface area contributed by atoms with Crippen molar-refractivity contribution in [1.29, 1.82) is 0 Å². The lowest BCUT2D eigenvalue weighted by molar-refractivity contribution is 0.0783. The average molecular weight is 319 g/mol. The number of halogens is 1. The van der Waals surface area contributed by atoms with Gasteiger partial charge in [-0.15, -0.1) is 5.10 Å². The molecule has 0 aliphatic heterocycles. The van der Waals surface area contributed by atoms with Crippen LogP contribution >= 0.6 is 0 Å². The molecule has 0 saturated carbocycles. The van der Waals surface area contributed by atoms with Gasteiger partial charge < -0.3 is 10.6 Å². The fourth-order valence-electron chi connectivity index (χ4n) is 2.03. The van der Waals surface area contributed by atoms with E-state index >= 15 is 0 Å². The molecule has 2 rings (SSSR count). The van der Waals surface area contributed by atoms with Gasteiger partial charge in [0.15, 0.2) is 5.69 Å². The molecule has 0 aliphatic rings. The number of benzene rings is 1. The summed E-state index contributed by atoms with van der Waals surface area (Å²) < 4.78 is 12.9. The van der Waals surface area contributed by atoms with Crippen molar-refractivity contribution in [3.8, 4) is 5.69 Å². The Bertz CT molecular complexity index is 653. The Hall–Kier alpha value is -2.28. The highest BCUT2D eigenvalue weighted by Crippen LogP contribution is 2.09. The first-order valence-corrected chi connectivity index (χ1v) is 7.58. The molecular weight excluding hydrogens is 297 g/mol. The Kier molecular flexibility index (Phi) is 5.44. The van der Waals surface area contributed by atoms with Crippen molar-refractivity contribution in [2.45, 2.75) is 26.3 Å². The molecule has 0 saturated heterocycles.